The Morgan fingerprint density at radius 2 is 1.80 bits per heavy atom. The lowest BCUT2D eigenvalue weighted by Crippen LogP contribution is -1.87. The molecule has 0 atom stereocenters. The van der Waals surface area contributed by atoms with E-state index in [4.69, 9.17) is 0 Å². The van der Waals surface area contributed by atoms with Crippen molar-refractivity contribution in [2.24, 2.45) is 0 Å². The summed E-state index contributed by atoms with van der Waals surface area (Å²) in [5.41, 5.74) is 3.69. The first-order valence-corrected chi connectivity index (χ1v) is 3.41. The molecule has 1 radical (unpaired) electrons. The van der Waals surface area contributed by atoms with Crippen LogP contribution in [-0.2, 0) is 0 Å². The highest BCUT2D eigenvalue weighted by atomic mass is 14.8. The van der Waals surface area contributed by atoms with Gasteiger partial charge in [0.25, 0.3) is 0 Å². The quantitative estimate of drug-likeness (QED) is 0.559. The smallest absolute Gasteiger partial charge is 0.0573 e. The zero-order valence-corrected chi connectivity index (χ0v) is 6.68. The van der Waals surface area contributed by atoms with E-state index in [2.05, 4.69) is 31.3 Å². The average Bonchev–Trinajstić information content (AvgIpc) is 1.95. The number of benzene rings is 1. The van der Waals surface area contributed by atoms with E-state index < -0.39 is 0 Å². The molecule has 0 spiro atoms. The highest BCUT2D eigenvalue weighted by Crippen LogP contribution is 2.12. The van der Waals surface area contributed by atoms with Crippen molar-refractivity contribution in [1.82, 2.24) is 5.32 Å². The highest BCUT2D eigenvalue weighted by Gasteiger charge is 1.92. The van der Waals surface area contributed by atoms with Crippen molar-refractivity contribution in [2.45, 2.75) is 13.8 Å². The third-order valence-electron chi connectivity index (χ3n) is 1.75. The second-order valence-corrected chi connectivity index (χ2v) is 2.49. The highest BCUT2D eigenvalue weighted by molar-refractivity contribution is 5.42. The first kappa shape index (κ1) is 7.13. The van der Waals surface area contributed by atoms with Crippen molar-refractivity contribution >= 4 is 5.69 Å². The van der Waals surface area contributed by atoms with Crippen LogP contribution in [0.4, 0.5) is 5.69 Å². The molecule has 0 aromatic heterocycles. The molecule has 0 unspecified atom stereocenters. The van der Waals surface area contributed by atoms with Gasteiger partial charge >= 0.3 is 0 Å². The maximum atomic E-state index is 4.07. The summed E-state index contributed by atoms with van der Waals surface area (Å²) >= 11 is 0. The van der Waals surface area contributed by atoms with Gasteiger partial charge in [-0.1, -0.05) is 6.07 Å². The SMILES string of the molecule is C[N]c1ccc(C)c(C)c1. The van der Waals surface area contributed by atoms with Gasteiger partial charge in [-0.25, -0.2) is 0 Å². The minimum absolute atomic E-state index is 1.06. The Balaban J connectivity index is 3.04. The van der Waals surface area contributed by atoms with Gasteiger partial charge in [0, 0.05) is 7.05 Å². The molecule has 0 N–H and O–H groups in total. The standard InChI is InChI=1S/C9H12N/c1-7-4-5-9(10-3)6-8(7)2/h4-6H,1-3H3. The molecule has 0 heterocycles. The predicted octanol–water partition coefficient (Wildman–Crippen LogP) is 2.17. The van der Waals surface area contributed by atoms with Gasteiger partial charge in [-0.2, -0.15) is 0 Å². The number of hydrogen-bond donors (Lipinski definition) is 0. The van der Waals surface area contributed by atoms with Crippen molar-refractivity contribution in [3.63, 3.8) is 0 Å². The molecule has 1 aromatic carbocycles. The number of aryl methyl sites for hydroxylation is 2. The summed E-state index contributed by atoms with van der Waals surface area (Å²) in [6.45, 7) is 4.21. The van der Waals surface area contributed by atoms with Crippen LogP contribution < -0.4 is 5.32 Å². The lowest BCUT2D eigenvalue weighted by molar-refractivity contribution is 1.08. The molecule has 1 aromatic rings. The molecule has 1 heteroatoms. The molecule has 0 saturated carbocycles. The minimum Gasteiger partial charge on any atom is -0.289 e. The summed E-state index contributed by atoms with van der Waals surface area (Å²) in [4.78, 5) is 0. The maximum absolute atomic E-state index is 4.07. The van der Waals surface area contributed by atoms with Crippen molar-refractivity contribution in [3.05, 3.63) is 29.3 Å². The molecule has 1 nitrogen and oxygen atoms in total. The molecule has 0 aliphatic carbocycles. The van der Waals surface area contributed by atoms with Crippen LogP contribution in [0.15, 0.2) is 18.2 Å². The molecule has 1 rings (SSSR count). The van der Waals surface area contributed by atoms with Gasteiger partial charge in [-0.3, -0.25) is 5.32 Å². The van der Waals surface area contributed by atoms with E-state index in [0.29, 0.717) is 0 Å². The fraction of sp³-hybridized carbons (Fsp3) is 0.333. The molecular weight excluding hydrogens is 122 g/mol. The second-order valence-electron chi connectivity index (χ2n) is 2.49. The van der Waals surface area contributed by atoms with E-state index in [-0.39, 0.29) is 0 Å². The van der Waals surface area contributed by atoms with Gasteiger partial charge in [0.05, 0.1) is 5.69 Å². The Hall–Kier alpha value is -0.980. The summed E-state index contributed by atoms with van der Waals surface area (Å²) < 4.78 is 0. The van der Waals surface area contributed by atoms with Crippen LogP contribution in [0.1, 0.15) is 11.1 Å². The van der Waals surface area contributed by atoms with E-state index in [1.165, 1.54) is 11.1 Å². The van der Waals surface area contributed by atoms with E-state index in [1.54, 1.807) is 0 Å². The Morgan fingerprint density at radius 3 is 2.30 bits per heavy atom. The molecule has 10 heavy (non-hydrogen) atoms. The van der Waals surface area contributed by atoms with Crippen molar-refractivity contribution in [3.8, 4) is 0 Å². The lowest BCUT2D eigenvalue weighted by atomic mass is 10.1. The van der Waals surface area contributed by atoms with Gasteiger partial charge in [-0.15, -0.1) is 0 Å². The molecule has 0 saturated heterocycles. The fourth-order valence-corrected chi connectivity index (χ4v) is 0.865. The normalized spacial score (nSPS) is 9.50. The molecule has 53 valence electrons. The van der Waals surface area contributed by atoms with Crippen LogP contribution >= 0.6 is 0 Å². The summed E-state index contributed by atoms with van der Waals surface area (Å²) in [5, 5.41) is 4.07. The van der Waals surface area contributed by atoms with Crippen LogP contribution in [-0.4, -0.2) is 7.05 Å². The fourth-order valence-electron chi connectivity index (χ4n) is 0.865. The van der Waals surface area contributed by atoms with Crippen LogP contribution in [0.3, 0.4) is 0 Å². The van der Waals surface area contributed by atoms with E-state index >= 15 is 0 Å². The first-order valence-electron chi connectivity index (χ1n) is 3.41. The maximum Gasteiger partial charge on any atom is 0.0573 e. The van der Waals surface area contributed by atoms with Crippen molar-refractivity contribution in [2.75, 3.05) is 7.05 Å². The zero-order chi connectivity index (χ0) is 7.56. The Morgan fingerprint density at radius 1 is 1.10 bits per heavy atom. The summed E-state index contributed by atoms with van der Waals surface area (Å²) in [6.07, 6.45) is 0. The van der Waals surface area contributed by atoms with Crippen LogP contribution in [0.2, 0.25) is 0 Å². The molecule has 0 bridgehead atoms. The van der Waals surface area contributed by atoms with Crippen molar-refractivity contribution < 1.29 is 0 Å². The number of nitrogens with zero attached hydrogens (tertiary/aromatic N) is 1. The molecule has 0 fully saturated rings. The Labute approximate surface area is 62.1 Å². The topological polar surface area (TPSA) is 14.1 Å². The van der Waals surface area contributed by atoms with Crippen molar-refractivity contribution in [1.29, 1.82) is 0 Å². The zero-order valence-electron chi connectivity index (χ0n) is 6.68. The van der Waals surface area contributed by atoms with Crippen LogP contribution in [0.5, 0.6) is 0 Å². The Bertz CT molecular complexity index is 228. The molecule has 0 amide bonds. The monoisotopic (exact) mass is 134 g/mol. The minimum atomic E-state index is 1.06. The van der Waals surface area contributed by atoms with Gasteiger partial charge in [0.1, 0.15) is 0 Å². The van der Waals surface area contributed by atoms with Gasteiger partial charge in [0.15, 0.2) is 0 Å². The summed E-state index contributed by atoms with van der Waals surface area (Å²) in [5.74, 6) is 0. The lowest BCUT2D eigenvalue weighted by Gasteiger charge is -2.01. The van der Waals surface area contributed by atoms with Crippen LogP contribution in [0.25, 0.3) is 0 Å². The molecule has 0 aliphatic heterocycles. The van der Waals surface area contributed by atoms with Gasteiger partial charge < -0.3 is 0 Å². The summed E-state index contributed by atoms with van der Waals surface area (Å²) in [7, 11) is 1.81. The van der Waals surface area contributed by atoms with E-state index in [9.17, 15) is 0 Å². The third-order valence-corrected chi connectivity index (χ3v) is 1.75. The predicted molar refractivity (Wildman–Crippen MR) is 43.6 cm³/mol. The van der Waals surface area contributed by atoms with Gasteiger partial charge in [0.2, 0.25) is 0 Å². The van der Waals surface area contributed by atoms with E-state index in [1.807, 2.05) is 13.1 Å². The number of rotatable bonds is 1. The first-order chi connectivity index (χ1) is 4.74. The third kappa shape index (κ3) is 1.29. The Kier molecular flexibility index (Phi) is 1.95. The molecule has 0 aliphatic rings. The average molecular weight is 134 g/mol. The summed E-state index contributed by atoms with van der Waals surface area (Å²) in [6, 6.07) is 6.22. The second kappa shape index (κ2) is 2.74. The number of hydrogen-bond acceptors (Lipinski definition) is 0. The van der Waals surface area contributed by atoms with Crippen LogP contribution in [0, 0.1) is 13.8 Å². The van der Waals surface area contributed by atoms with E-state index in [0.717, 1.165) is 5.69 Å². The largest absolute Gasteiger partial charge is 0.289 e. The van der Waals surface area contributed by atoms with Gasteiger partial charge in [-0.05, 0) is 37.1 Å². The molecular formula is C9H12N.